The number of amides is 2. The summed E-state index contributed by atoms with van der Waals surface area (Å²) in [5.74, 6) is -1.95. The molecule has 3 aromatic rings. The van der Waals surface area contributed by atoms with E-state index in [1.807, 2.05) is 0 Å². The van der Waals surface area contributed by atoms with E-state index in [4.69, 9.17) is 4.74 Å². The molecule has 0 saturated carbocycles. The van der Waals surface area contributed by atoms with Gasteiger partial charge in [-0.25, -0.2) is 9.49 Å². The number of carboxylic acid groups (broad SMARTS) is 1. The topological polar surface area (TPSA) is 142 Å². The molecule has 43 heavy (non-hydrogen) atoms. The average Bonchev–Trinajstić information content (AvgIpc) is 3.41. The largest absolute Gasteiger partial charge is 0.481 e. The van der Waals surface area contributed by atoms with Crippen LogP contribution in [0.1, 0.15) is 79.7 Å². The lowest BCUT2D eigenvalue weighted by Gasteiger charge is -2.42. The summed E-state index contributed by atoms with van der Waals surface area (Å²) in [6.45, 7) is 8.58. The quantitative estimate of drug-likeness (QED) is 0.299. The lowest BCUT2D eigenvalue weighted by molar-refractivity contribution is -0.157. The molecule has 1 saturated heterocycles. The van der Waals surface area contributed by atoms with Crippen LogP contribution < -0.4 is 15.6 Å². The summed E-state index contributed by atoms with van der Waals surface area (Å²) in [7, 11) is 0. The van der Waals surface area contributed by atoms with E-state index in [1.54, 1.807) is 63.8 Å². The van der Waals surface area contributed by atoms with Gasteiger partial charge in [-0.05, 0) is 87.9 Å². The number of hydrogen-bond acceptors (Lipinski definition) is 6. The number of carbonyl (C=O) groups is 3. The molecule has 0 spiro atoms. The van der Waals surface area contributed by atoms with Crippen LogP contribution in [0.25, 0.3) is 0 Å². The third-order valence-corrected chi connectivity index (χ3v) is 8.47. The molecule has 1 aromatic heterocycles. The second kappa shape index (κ2) is 12.8. The molecule has 1 fully saturated rings. The fourth-order valence-electron chi connectivity index (χ4n) is 6.01. The SMILES string of the molecule is CCC(CC)(C(=O)O)[C@H]1CC[C@@H](c2cccc(F)c2)N1C(=O)[C@@H](C)NC(=O)c1ccc(Oc2cc(C)n[nH]c2=O)c(C)c1. The van der Waals surface area contributed by atoms with Gasteiger partial charge in [0.05, 0.1) is 17.2 Å². The van der Waals surface area contributed by atoms with Crippen LogP contribution in [0.15, 0.2) is 53.3 Å². The molecule has 10 nitrogen and oxygen atoms in total. The number of aromatic nitrogens is 2. The Labute approximate surface area is 249 Å². The first-order chi connectivity index (χ1) is 20.4. The molecule has 2 amide bonds. The number of aromatic amines is 1. The highest BCUT2D eigenvalue weighted by Gasteiger charge is 2.52. The number of H-pyrrole nitrogens is 1. The summed E-state index contributed by atoms with van der Waals surface area (Å²) in [5.41, 5.74) is 0.322. The van der Waals surface area contributed by atoms with E-state index < -0.39 is 52.7 Å². The van der Waals surface area contributed by atoms with Crippen LogP contribution in [-0.4, -0.2) is 50.1 Å². The van der Waals surface area contributed by atoms with Crippen molar-refractivity contribution in [1.29, 1.82) is 0 Å². The summed E-state index contributed by atoms with van der Waals surface area (Å²) < 4.78 is 19.9. The van der Waals surface area contributed by atoms with Gasteiger partial charge in [-0.3, -0.25) is 19.2 Å². The summed E-state index contributed by atoms with van der Waals surface area (Å²) in [6.07, 6.45) is 1.52. The molecule has 3 N–H and O–H groups in total. The first-order valence-electron chi connectivity index (χ1n) is 14.4. The van der Waals surface area contributed by atoms with Crippen molar-refractivity contribution in [2.75, 3.05) is 0 Å². The first kappa shape index (κ1) is 31.4. The van der Waals surface area contributed by atoms with E-state index in [9.17, 15) is 28.7 Å². The van der Waals surface area contributed by atoms with Gasteiger partial charge in [0.25, 0.3) is 5.91 Å². The molecule has 11 heteroatoms. The van der Waals surface area contributed by atoms with E-state index in [2.05, 4.69) is 15.5 Å². The second-order valence-electron chi connectivity index (χ2n) is 11.1. The van der Waals surface area contributed by atoms with Gasteiger partial charge in [0.1, 0.15) is 17.6 Å². The molecule has 4 rings (SSSR count). The molecule has 0 unspecified atom stereocenters. The van der Waals surface area contributed by atoms with Crippen LogP contribution in [0.5, 0.6) is 11.5 Å². The highest BCUT2D eigenvalue weighted by molar-refractivity contribution is 5.98. The predicted octanol–water partition coefficient (Wildman–Crippen LogP) is 5.06. The zero-order valence-electron chi connectivity index (χ0n) is 24.9. The number of nitrogens with zero attached hydrogens (tertiary/aromatic N) is 2. The zero-order chi connectivity index (χ0) is 31.5. The number of halogens is 1. The molecular formula is C32H37FN4O6. The van der Waals surface area contributed by atoms with Crippen molar-refractivity contribution in [2.24, 2.45) is 5.41 Å². The average molecular weight is 593 g/mol. The third kappa shape index (κ3) is 6.30. The standard InChI is InChI=1S/C32H37FN4O6/c1-6-32(7-2,31(41)42)27-14-12-24(21-9-8-10-23(33)17-21)37(27)30(40)20(5)34-28(38)22-11-13-25(18(3)15-22)43-26-16-19(4)35-36-29(26)39/h8-11,13,15-17,20,24,27H,6-7,12,14H2,1-5H3,(H,34,38)(H,36,39)(H,41,42)/t20-,24+,27-/m1/s1. The van der Waals surface area contributed by atoms with Crippen molar-refractivity contribution < 1.29 is 28.6 Å². The van der Waals surface area contributed by atoms with Gasteiger partial charge in [-0.15, -0.1) is 0 Å². The number of likely N-dealkylation sites (tertiary alicyclic amines) is 1. The minimum Gasteiger partial charge on any atom is -0.481 e. The van der Waals surface area contributed by atoms with Crippen LogP contribution in [0.2, 0.25) is 0 Å². The van der Waals surface area contributed by atoms with Gasteiger partial charge in [0, 0.05) is 17.7 Å². The highest BCUT2D eigenvalue weighted by Crippen LogP contribution is 2.47. The number of rotatable bonds is 10. The minimum absolute atomic E-state index is 0.0663. The maximum absolute atomic E-state index is 14.2. The van der Waals surface area contributed by atoms with Crippen LogP contribution in [0, 0.1) is 25.1 Å². The Balaban J connectivity index is 1.58. The molecular weight excluding hydrogens is 555 g/mol. The molecule has 2 aromatic carbocycles. The molecule has 0 bridgehead atoms. The van der Waals surface area contributed by atoms with E-state index in [1.165, 1.54) is 24.3 Å². The molecule has 3 atom stereocenters. The highest BCUT2D eigenvalue weighted by atomic mass is 19.1. The molecule has 1 aliphatic heterocycles. The number of carbonyl (C=O) groups excluding carboxylic acids is 2. The van der Waals surface area contributed by atoms with Gasteiger partial charge in [-0.1, -0.05) is 26.0 Å². The Hall–Kier alpha value is -4.54. The third-order valence-electron chi connectivity index (χ3n) is 8.47. The second-order valence-corrected chi connectivity index (χ2v) is 11.1. The Morgan fingerprint density at radius 2 is 1.84 bits per heavy atom. The molecule has 1 aliphatic rings. The normalized spacial score (nSPS) is 17.4. The Bertz CT molecular complexity index is 1580. The maximum atomic E-state index is 14.2. The molecule has 0 aliphatic carbocycles. The Kier molecular flexibility index (Phi) is 9.32. The molecule has 0 radical (unpaired) electrons. The summed E-state index contributed by atoms with van der Waals surface area (Å²) in [6, 6.07) is 9.98. The number of carboxylic acids is 1. The number of ether oxygens (including phenoxy) is 1. The van der Waals surface area contributed by atoms with Crippen LogP contribution >= 0.6 is 0 Å². The Morgan fingerprint density at radius 3 is 2.47 bits per heavy atom. The van der Waals surface area contributed by atoms with E-state index in [0.717, 1.165) is 0 Å². The fraction of sp³-hybridized carbons (Fsp3) is 0.406. The maximum Gasteiger partial charge on any atom is 0.311 e. The first-order valence-corrected chi connectivity index (χ1v) is 14.4. The number of benzene rings is 2. The number of hydrogen-bond donors (Lipinski definition) is 3. The van der Waals surface area contributed by atoms with E-state index >= 15 is 0 Å². The predicted molar refractivity (Wildman–Crippen MR) is 157 cm³/mol. The Morgan fingerprint density at radius 1 is 1.12 bits per heavy atom. The van der Waals surface area contributed by atoms with Gasteiger partial charge < -0.3 is 20.1 Å². The van der Waals surface area contributed by atoms with Crippen molar-refractivity contribution in [2.45, 2.75) is 78.4 Å². The van der Waals surface area contributed by atoms with Gasteiger partial charge in [-0.2, -0.15) is 5.10 Å². The number of nitrogens with one attached hydrogen (secondary N) is 2. The summed E-state index contributed by atoms with van der Waals surface area (Å²) in [4.78, 5) is 53.5. The fourth-order valence-corrected chi connectivity index (χ4v) is 6.01. The van der Waals surface area contributed by atoms with Crippen molar-refractivity contribution in [3.05, 3.63) is 87.1 Å². The van der Waals surface area contributed by atoms with Gasteiger partial charge >= 0.3 is 11.5 Å². The van der Waals surface area contributed by atoms with Crippen LogP contribution in [-0.2, 0) is 9.59 Å². The van der Waals surface area contributed by atoms with E-state index in [0.29, 0.717) is 48.3 Å². The summed E-state index contributed by atoms with van der Waals surface area (Å²) >= 11 is 0. The van der Waals surface area contributed by atoms with Crippen molar-refractivity contribution >= 4 is 17.8 Å². The smallest absolute Gasteiger partial charge is 0.311 e. The van der Waals surface area contributed by atoms with Crippen molar-refractivity contribution in [1.82, 2.24) is 20.4 Å². The van der Waals surface area contributed by atoms with Crippen molar-refractivity contribution in [3.8, 4) is 11.5 Å². The molecule has 2 heterocycles. The number of aryl methyl sites for hydroxylation is 2. The van der Waals surface area contributed by atoms with Crippen molar-refractivity contribution in [3.63, 3.8) is 0 Å². The lowest BCUT2D eigenvalue weighted by Crippen LogP contribution is -2.55. The summed E-state index contributed by atoms with van der Waals surface area (Å²) in [5, 5.41) is 19.2. The minimum atomic E-state index is -1.19. The van der Waals surface area contributed by atoms with Gasteiger partial charge in [0.15, 0.2) is 5.75 Å². The van der Waals surface area contributed by atoms with Crippen LogP contribution in [0.4, 0.5) is 4.39 Å². The number of aliphatic carboxylic acids is 1. The monoisotopic (exact) mass is 592 g/mol. The lowest BCUT2D eigenvalue weighted by atomic mass is 9.74. The van der Waals surface area contributed by atoms with E-state index in [-0.39, 0.29) is 11.3 Å². The molecule has 228 valence electrons. The zero-order valence-corrected chi connectivity index (χ0v) is 24.9. The van der Waals surface area contributed by atoms with Crippen LogP contribution in [0.3, 0.4) is 0 Å². The van der Waals surface area contributed by atoms with Gasteiger partial charge in [0.2, 0.25) is 5.91 Å².